The lowest BCUT2D eigenvalue weighted by molar-refractivity contribution is -0.174. The second kappa shape index (κ2) is 6.91. The molecule has 0 aliphatic carbocycles. The van der Waals surface area contributed by atoms with Crippen LogP contribution in [-0.4, -0.2) is 31.8 Å². The predicted octanol–water partition coefficient (Wildman–Crippen LogP) is 2.57. The molecule has 2 rings (SSSR count). The van der Waals surface area contributed by atoms with Crippen LogP contribution in [0.15, 0.2) is 36.4 Å². The molecule has 1 atom stereocenters. The van der Waals surface area contributed by atoms with Gasteiger partial charge in [-0.2, -0.15) is 0 Å². The van der Waals surface area contributed by atoms with Crippen LogP contribution >= 0.6 is 0 Å². The van der Waals surface area contributed by atoms with E-state index in [1.54, 1.807) is 13.8 Å². The smallest absolute Gasteiger partial charge is 0.330 e. The third-order valence-electron chi connectivity index (χ3n) is 3.74. The van der Waals surface area contributed by atoms with Crippen LogP contribution in [0.4, 0.5) is 4.39 Å². The van der Waals surface area contributed by atoms with Gasteiger partial charge in [-0.05, 0) is 37.1 Å². The summed E-state index contributed by atoms with van der Waals surface area (Å²) in [5.41, 5.74) is -1.03. The Hall–Kier alpha value is -2.21. The molecule has 1 saturated heterocycles. The lowest BCUT2D eigenvalue weighted by atomic mass is 9.75. The van der Waals surface area contributed by atoms with E-state index < -0.39 is 29.3 Å². The Labute approximate surface area is 134 Å². The number of hydrogen-bond donors (Lipinski definition) is 0. The maximum absolute atomic E-state index is 13.2. The van der Waals surface area contributed by atoms with Crippen molar-refractivity contribution in [2.45, 2.75) is 20.0 Å². The Morgan fingerprint density at radius 3 is 2.22 bits per heavy atom. The molecule has 23 heavy (non-hydrogen) atoms. The van der Waals surface area contributed by atoms with E-state index in [1.807, 2.05) is 0 Å². The summed E-state index contributed by atoms with van der Waals surface area (Å²) in [6, 6.07) is 5.40. The Morgan fingerprint density at radius 1 is 1.22 bits per heavy atom. The fraction of sp³-hybridized carbons (Fsp3) is 0.412. The van der Waals surface area contributed by atoms with E-state index in [2.05, 4.69) is 6.58 Å². The summed E-state index contributed by atoms with van der Waals surface area (Å²) in [6.07, 6.45) is -0.964. The van der Waals surface area contributed by atoms with Crippen molar-refractivity contribution < 1.29 is 28.2 Å². The number of rotatable bonds is 5. The zero-order valence-corrected chi connectivity index (χ0v) is 13.1. The molecule has 0 radical (unpaired) electrons. The molecule has 0 N–H and O–H groups in total. The van der Waals surface area contributed by atoms with Crippen LogP contribution in [0.2, 0.25) is 0 Å². The van der Waals surface area contributed by atoms with Gasteiger partial charge in [0.15, 0.2) is 0 Å². The number of halogens is 1. The summed E-state index contributed by atoms with van der Waals surface area (Å²) in [5.74, 6) is -1.96. The summed E-state index contributed by atoms with van der Waals surface area (Å²) in [5, 5.41) is 0. The Bertz CT molecular complexity index is 590. The molecule has 0 aromatic heterocycles. The third-order valence-corrected chi connectivity index (χ3v) is 3.74. The number of esters is 2. The van der Waals surface area contributed by atoms with Crippen LogP contribution in [0, 0.1) is 11.2 Å². The monoisotopic (exact) mass is 322 g/mol. The summed E-state index contributed by atoms with van der Waals surface area (Å²) in [7, 11) is 0. The summed E-state index contributed by atoms with van der Waals surface area (Å²) < 4.78 is 29.0. The van der Waals surface area contributed by atoms with Crippen molar-refractivity contribution in [2.24, 2.45) is 5.41 Å². The molecule has 0 spiro atoms. The third kappa shape index (κ3) is 2.86. The van der Waals surface area contributed by atoms with Gasteiger partial charge >= 0.3 is 11.9 Å². The van der Waals surface area contributed by atoms with Crippen molar-refractivity contribution in [3.63, 3.8) is 0 Å². The number of hydrogen-bond acceptors (Lipinski definition) is 5. The molecule has 1 aromatic rings. The SMILES string of the molecule is C=C1CO[C@H](c2ccc(F)cc2)C1(C(=O)OCC)C(=O)OCC. The standard InChI is InChI=1S/C17H19FO5/c1-4-21-15(19)17(16(20)22-5-2)11(3)10-23-14(17)12-6-8-13(18)9-7-12/h6-9,14H,3-5,10H2,1-2H3/t14-/m1/s1. The minimum absolute atomic E-state index is 0.0136. The highest BCUT2D eigenvalue weighted by atomic mass is 19.1. The maximum atomic E-state index is 13.2. The van der Waals surface area contributed by atoms with Crippen molar-refractivity contribution in [3.8, 4) is 0 Å². The number of ether oxygens (including phenoxy) is 3. The second-order valence-electron chi connectivity index (χ2n) is 5.10. The molecular weight excluding hydrogens is 303 g/mol. The average molecular weight is 322 g/mol. The van der Waals surface area contributed by atoms with Gasteiger partial charge < -0.3 is 14.2 Å². The van der Waals surface area contributed by atoms with Crippen molar-refractivity contribution >= 4 is 11.9 Å². The quantitative estimate of drug-likeness (QED) is 0.474. The molecular formula is C17H19FO5. The highest BCUT2D eigenvalue weighted by Gasteiger charge is 2.62. The molecule has 1 aliphatic heterocycles. The van der Waals surface area contributed by atoms with E-state index in [0.29, 0.717) is 5.56 Å². The van der Waals surface area contributed by atoms with E-state index in [4.69, 9.17) is 14.2 Å². The van der Waals surface area contributed by atoms with E-state index in [9.17, 15) is 14.0 Å². The van der Waals surface area contributed by atoms with Crippen molar-refractivity contribution in [1.29, 1.82) is 0 Å². The fourth-order valence-electron chi connectivity index (χ4n) is 2.67. The molecule has 6 heteroatoms. The van der Waals surface area contributed by atoms with E-state index in [0.717, 1.165) is 0 Å². The van der Waals surface area contributed by atoms with Crippen molar-refractivity contribution in [1.82, 2.24) is 0 Å². The van der Waals surface area contributed by atoms with Crippen LogP contribution in [0.5, 0.6) is 0 Å². The summed E-state index contributed by atoms with van der Waals surface area (Å²) in [6.45, 7) is 7.30. The van der Waals surface area contributed by atoms with Gasteiger partial charge in [-0.15, -0.1) is 0 Å². The summed E-state index contributed by atoms with van der Waals surface area (Å²) in [4.78, 5) is 25.2. The molecule has 124 valence electrons. The van der Waals surface area contributed by atoms with Gasteiger partial charge in [0.2, 0.25) is 5.41 Å². The van der Waals surface area contributed by atoms with Crippen molar-refractivity contribution in [2.75, 3.05) is 19.8 Å². The zero-order valence-electron chi connectivity index (χ0n) is 13.1. The predicted molar refractivity (Wildman–Crippen MR) is 79.9 cm³/mol. The molecule has 5 nitrogen and oxygen atoms in total. The zero-order chi connectivity index (χ0) is 17.0. The molecule has 1 fully saturated rings. The minimum Gasteiger partial charge on any atom is -0.465 e. The van der Waals surface area contributed by atoms with Crippen molar-refractivity contribution in [3.05, 3.63) is 47.8 Å². The Morgan fingerprint density at radius 2 is 1.74 bits per heavy atom. The molecule has 1 heterocycles. The van der Waals surface area contributed by atoms with Gasteiger partial charge in [-0.25, -0.2) is 4.39 Å². The van der Waals surface area contributed by atoms with Crippen LogP contribution in [0.3, 0.4) is 0 Å². The fourth-order valence-corrected chi connectivity index (χ4v) is 2.67. The highest BCUT2D eigenvalue weighted by Crippen LogP contribution is 2.50. The lowest BCUT2D eigenvalue weighted by Gasteiger charge is -2.30. The Kier molecular flexibility index (Phi) is 5.15. The van der Waals surface area contributed by atoms with Crippen LogP contribution in [-0.2, 0) is 23.8 Å². The first-order valence-electron chi connectivity index (χ1n) is 7.38. The van der Waals surface area contributed by atoms with Gasteiger partial charge in [0.05, 0.1) is 19.8 Å². The maximum Gasteiger partial charge on any atom is 0.330 e. The van der Waals surface area contributed by atoms with Gasteiger partial charge in [-0.3, -0.25) is 9.59 Å². The first-order valence-corrected chi connectivity index (χ1v) is 7.38. The van der Waals surface area contributed by atoms with Crippen LogP contribution in [0.1, 0.15) is 25.5 Å². The van der Waals surface area contributed by atoms with E-state index in [-0.39, 0.29) is 25.4 Å². The van der Waals surface area contributed by atoms with Crippen LogP contribution in [0.25, 0.3) is 0 Å². The lowest BCUT2D eigenvalue weighted by Crippen LogP contribution is -2.45. The van der Waals surface area contributed by atoms with E-state index >= 15 is 0 Å². The highest BCUT2D eigenvalue weighted by molar-refractivity contribution is 6.05. The molecule has 1 aliphatic rings. The first-order chi connectivity index (χ1) is 11.0. The number of carbonyl (C=O) groups excluding carboxylic acids is 2. The van der Waals surface area contributed by atoms with Gasteiger partial charge in [-0.1, -0.05) is 18.7 Å². The minimum atomic E-state index is -1.77. The molecule has 1 aromatic carbocycles. The Balaban J connectivity index is 2.54. The molecule has 0 unspecified atom stereocenters. The van der Waals surface area contributed by atoms with Gasteiger partial charge in [0, 0.05) is 0 Å². The average Bonchev–Trinajstić information content (AvgIpc) is 2.87. The first kappa shape index (κ1) is 17.1. The van der Waals surface area contributed by atoms with Crippen LogP contribution < -0.4 is 0 Å². The van der Waals surface area contributed by atoms with Gasteiger partial charge in [0.25, 0.3) is 0 Å². The number of benzene rings is 1. The van der Waals surface area contributed by atoms with E-state index in [1.165, 1.54) is 24.3 Å². The largest absolute Gasteiger partial charge is 0.465 e. The summed E-state index contributed by atoms with van der Waals surface area (Å²) >= 11 is 0. The molecule has 0 bridgehead atoms. The van der Waals surface area contributed by atoms with Gasteiger partial charge in [0.1, 0.15) is 11.9 Å². The number of carbonyl (C=O) groups is 2. The topological polar surface area (TPSA) is 61.8 Å². The second-order valence-corrected chi connectivity index (χ2v) is 5.10. The normalized spacial score (nSPS) is 19.4. The molecule has 0 amide bonds. The molecule has 0 saturated carbocycles.